The van der Waals surface area contributed by atoms with Crippen LogP contribution in [-0.4, -0.2) is 6.54 Å². The van der Waals surface area contributed by atoms with E-state index < -0.39 is 11.7 Å². The summed E-state index contributed by atoms with van der Waals surface area (Å²) in [6.45, 7) is 4.84. The monoisotopic (exact) mass is 299 g/mol. The smallest absolute Gasteiger partial charge is 0.310 e. The maximum absolute atomic E-state index is 13.3. The summed E-state index contributed by atoms with van der Waals surface area (Å²) in [6, 6.07) is 5.82. The van der Waals surface area contributed by atoms with Crippen LogP contribution in [0, 0.1) is 11.8 Å². The van der Waals surface area contributed by atoms with Gasteiger partial charge in [0, 0.05) is 6.04 Å². The fraction of sp³-hybridized carbons (Fsp3) is 0.647. The average molecular weight is 299 g/mol. The summed E-state index contributed by atoms with van der Waals surface area (Å²) in [4.78, 5) is 0. The first-order chi connectivity index (χ1) is 9.93. The lowest BCUT2D eigenvalue weighted by molar-refractivity contribution is -0.138. The van der Waals surface area contributed by atoms with Gasteiger partial charge in [0.25, 0.3) is 0 Å². The summed E-state index contributed by atoms with van der Waals surface area (Å²) >= 11 is 0. The number of alkyl halides is 3. The summed E-state index contributed by atoms with van der Waals surface area (Å²) < 4.78 is 39.8. The van der Waals surface area contributed by atoms with E-state index >= 15 is 0 Å². The van der Waals surface area contributed by atoms with Crippen molar-refractivity contribution in [1.82, 2.24) is 5.32 Å². The minimum atomic E-state index is -4.29. The predicted molar refractivity (Wildman–Crippen MR) is 79.0 cm³/mol. The molecule has 1 saturated carbocycles. The third-order valence-corrected chi connectivity index (χ3v) is 4.47. The Morgan fingerprint density at radius 2 is 1.95 bits per heavy atom. The van der Waals surface area contributed by atoms with E-state index in [-0.39, 0.29) is 12.0 Å². The molecule has 1 aromatic rings. The molecule has 0 heterocycles. The van der Waals surface area contributed by atoms with Crippen molar-refractivity contribution in [2.24, 2.45) is 11.8 Å². The molecule has 3 unspecified atom stereocenters. The molecule has 0 bridgehead atoms. The van der Waals surface area contributed by atoms with Crippen LogP contribution in [0.1, 0.15) is 56.7 Å². The van der Waals surface area contributed by atoms with Gasteiger partial charge in [-0.15, -0.1) is 0 Å². The summed E-state index contributed by atoms with van der Waals surface area (Å²) in [5.41, 5.74) is -0.0832. The lowest BCUT2D eigenvalue weighted by Gasteiger charge is -2.35. The van der Waals surface area contributed by atoms with Crippen LogP contribution in [0.25, 0.3) is 0 Å². The van der Waals surface area contributed by atoms with Crippen LogP contribution in [0.3, 0.4) is 0 Å². The minimum absolute atomic E-state index is 0.199. The fourth-order valence-corrected chi connectivity index (χ4v) is 3.56. The number of nitrogens with one attached hydrogen (secondary N) is 1. The maximum Gasteiger partial charge on any atom is 0.416 e. The van der Waals surface area contributed by atoms with Crippen LogP contribution in [0.2, 0.25) is 0 Å². The van der Waals surface area contributed by atoms with E-state index in [1.807, 2.05) is 6.92 Å². The zero-order chi connectivity index (χ0) is 15.5. The van der Waals surface area contributed by atoms with E-state index in [1.165, 1.54) is 18.6 Å². The van der Waals surface area contributed by atoms with Gasteiger partial charge in [-0.3, -0.25) is 0 Å². The molecule has 1 N–H and O–H groups in total. The second kappa shape index (κ2) is 6.82. The molecule has 21 heavy (non-hydrogen) atoms. The molecule has 1 fully saturated rings. The summed E-state index contributed by atoms with van der Waals surface area (Å²) in [5.74, 6) is 0.889. The molecule has 1 aliphatic carbocycles. The standard InChI is InChI=1S/C17H24F3N/c1-3-21-16(13-8-6-7-12(2)11-13)14-9-4-5-10-15(14)17(18,19)20/h4-5,9-10,12-13,16,21H,3,6-8,11H2,1-2H3. The van der Waals surface area contributed by atoms with Crippen molar-refractivity contribution >= 4 is 0 Å². The number of rotatable bonds is 4. The van der Waals surface area contributed by atoms with Gasteiger partial charge in [-0.25, -0.2) is 0 Å². The first kappa shape index (κ1) is 16.3. The number of benzene rings is 1. The summed E-state index contributed by atoms with van der Waals surface area (Å²) in [6.07, 6.45) is 0.0286. The van der Waals surface area contributed by atoms with Crippen LogP contribution in [0.15, 0.2) is 24.3 Å². The number of hydrogen-bond acceptors (Lipinski definition) is 1. The Morgan fingerprint density at radius 3 is 2.57 bits per heavy atom. The van der Waals surface area contributed by atoms with E-state index in [4.69, 9.17) is 0 Å². The summed E-state index contributed by atoms with van der Waals surface area (Å²) in [7, 11) is 0. The van der Waals surface area contributed by atoms with Crippen molar-refractivity contribution in [3.05, 3.63) is 35.4 Å². The largest absolute Gasteiger partial charge is 0.416 e. The molecule has 0 spiro atoms. The Balaban J connectivity index is 2.34. The fourth-order valence-electron chi connectivity index (χ4n) is 3.56. The van der Waals surface area contributed by atoms with Gasteiger partial charge >= 0.3 is 6.18 Å². The predicted octanol–water partition coefficient (Wildman–Crippen LogP) is 5.18. The zero-order valence-corrected chi connectivity index (χ0v) is 12.7. The van der Waals surface area contributed by atoms with Crippen molar-refractivity contribution in [3.8, 4) is 0 Å². The highest BCUT2D eigenvalue weighted by molar-refractivity contribution is 5.33. The van der Waals surface area contributed by atoms with E-state index in [2.05, 4.69) is 12.2 Å². The molecule has 1 aliphatic rings. The van der Waals surface area contributed by atoms with Crippen molar-refractivity contribution in [1.29, 1.82) is 0 Å². The van der Waals surface area contributed by atoms with E-state index in [0.29, 0.717) is 18.0 Å². The molecule has 4 heteroatoms. The lowest BCUT2D eigenvalue weighted by Crippen LogP contribution is -2.32. The van der Waals surface area contributed by atoms with Crippen LogP contribution in [0.5, 0.6) is 0 Å². The second-order valence-corrected chi connectivity index (χ2v) is 6.15. The molecular weight excluding hydrogens is 275 g/mol. The Bertz CT molecular complexity index is 456. The molecule has 3 atom stereocenters. The first-order valence-corrected chi connectivity index (χ1v) is 7.83. The Hall–Kier alpha value is -1.03. The topological polar surface area (TPSA) is 12.0 Å². The minimum Gasteiger partial charge on any atom is -0.310 e. The molecule has 0 aromatic heterocycles. The molecule has 1 aromatic carbocycles. The molecule has 118 valence electrons. The van der Waals surface area contributed by atoms with Crippen molar-refractivity contribution in [2.45, 2.75) is 51.7 Å². The highest BCUT2D eigenvalue weighted by Crippen LogP contribution is 2.41. The van der Waals surface area contributed by atoms with Gasteiger partial charge in [-0.05, 0) is 42.9 Å². The van der Waals surface area contributed by atoms with E-state index in [1.54, 1.807) is 12.1 Å². The normalized spacial score (nSPS) is 24.8. The SMILES string of the molecule is CCNC(c1ccccc1C(F)(F)F)C1CCCC(C)C1. The second-order valence-electron chi connectivity index (χ2n) is 6.15. The first-order valence-electron chi connectivity index (χ1n) is 7.83. The maximum atomic E-state index is 13.3. The van der Waals surface area contributed by atoms with E-state index in [0.717, 1.165) is 19.3 Å². The van der Waals surface area contributed by atoms with Gasteiger partial charge in [-0.1, -0.05) is 44.9 Å². The van der Waals surface area contributed by atoms with Gasteiger partial charge in [0.1, 0.15) is 0 Å². The van der Waals surface area contributed by atoms with Gasteiger partial charge < -0.3 is 5.32 Å². The van der Waals surface area contributed by atoms with Gasteiger partial charge in [0.05, 0.1) is 5.56 Å². The van der Waals surface area contributed by atoms with Crippen LogP contribution in [-0.2, 0) is 6.18 Å². The third-order valence-electron chi connectivity index (χ3n) is 4.47. The molecule has 1 nitrogen and oxygen atoms in total. The van der Waals surface area contributed by atoms with Crippen LogP contribution in [0.4, 0.5) is 13.2 Å². The van der Waals surface area contributed by atoms with Crippen molar-refractivity contribution in [3.63, 3.8) is 0 Å². The van der Waals surface area contributed by atoms with Gasteiger partial charge in [0.2, 0.25) is 0 Å². The Labute approximate surface area is 124 Å². The van der Waals surface area contributed by atoms with Crippen molar-refractivity contribution < 1.29 is 13.2 Å². The third kappa shape index (κ3) is 4.00. The highest BCUT2D eigenvalue weighted by atomic mass is 19.4. The number of halogens is 3. The number of hydrogen-bond donors (Lipinski definition) is 1. The molecule has 0 radical (unpaired) electrons. The molecular formula is C17H24F3N. The Morgan fingerprint density at radius 1 is 1.24 bits per heavy atom. The molecule has 2 rings (SSSR count). The highest BCUT2D eigenvalue weighted by Gasteiger charge is 2.37. The van der Waals surface area contributed by atoms with E-state index in [9.17, 15) is 13.2 Å². The quantitative estimate of drug-likeness (QED) is 0.807. The molecule has 0 saturated heterocycles. The van der Waals surface area contributed by atoms with Crippen molar-refractivity contribution in [2.75, 3.05) is 6.54 Å². The zero-order valence-electron chi connectivity index (χ0n) is 12.7. The average Bonchev–Trinajstić information content (AvgIpc) is 2.44. The van der Waals surface area contributed by atoms with Crippen LogP contribution < -0.4 is 5.32 Å². The lowest BCUT2D eigenvalue weighted by atomic mass is 9.76. The van der Waals surface area contributed by atoms with Gasteiger partial charge in [-0.2, -0.15) is 13.2 Å². The molecule has 0 aliphatic heterocycles. The summed E-state index contributed by atoms with van der Waals surface area (Å²) in [5, 5.41) is 3.30. The van der Waals surface area contributed by atoms with Gasteiger partial charge in [0.15, 0.2) is 0 Å². The Kier molecular flexibility index (Phi) is 5.31. The molecule has 0 amide bonds. The van der Waals surface area contributed by atoms with Crippen LogP contribution >= 0.6 is 0 Å².